The second-order valence-electron chi connectivity index (χ2n) is 4.61. The molecule has 106 valence electrons. The molecule has 0 amide bonds. The topological polar surface area (TPSA) is 12.0 Å². The minimum absolute atomic E-state index is 0.262. The monoisotopic (exact) mass is 293 g/mol. The van der Waals surface area contributed by atoms with E-state index in [4.69, 9.17) is 0 Å². The first-order valence-corrected chi connectivity index (χ1v) is 7.19. The maximum absolute atomic E-state index is 13.2. The average Bonchev–Trinajstić information content (AvgIpc) is 2.80. The number of hydrogen-bond acceptors (Lipinski definition) is 2. The first-order valence-electron chi connectivity index (χ1n) is 6.14. The lowest BCUT2D eigenvalue weighted by Gasteiger charge is -2.12. The molecular weight excluding hydrogens is 278 g/mol. The van der Waals surface area contributed by atoms with E-state index in [-0.39, 0.29) is 6.54 Å². The zero-order valence-electron chi connectivity index (χ0n) is 10.3. The van der Waals surface area contributed by atoms with Gasteiger partial charge in [0.2, 0.25) is 0 Å². The zero-order chi connectivity index (χ0) is 13.9. The SMILES string of the molecule is Fc1cc(CNCC2CCCS2)cc(C(F)(F)F)c1. The average molecular weight is 293 g/mol. The van der Waals surface area contributed by atoms with E-state index < -0.39 is 17.6 Å². The van der Waals surface area contributed by atoms with Gasteiger partial charge in [0.05, 0.1) is 5.56 Å². The van der Waals surface area contributed by atoms with Crippen LogP contribution in [0.2, 0.25) is 0 Å². The first-order chi connectivity index (χ1) is 8.95. The van der Waals surface area contributed by atoms with Crippen LogP contribution in [0, 0.1) is 5.82 Å². The van der Waals surface area contributed by atoms with Crippen LogP contribution in [-0.4, -0.2) is 17.5 Å². The van der Waals surface area contributed by atoms with Gasteiger partial charge < -0.3 is 5.32 Å². The third kappa shape index (κ3) is 4.38. The first kappa shape index (κ1) is 14.7. The number of alkyl halides is 3. The Labute approximate surface area is 113 Å². The lowest BCUT2D eigenvalue weighted by atomic mass is 10.1. The van der Waals surface area contributed by atoms with Gasteiger partial charge in [0.25, 0.3) is 0 Å². The van der Waals surface area contributed by atoms with E-state index in [0.717, 1.165) is 30.9 Å². The molecule has 1 nitrogen and oxygen atoms in total. The molecule has 1 unspecified atom stereocenters. The fourth-order valence-electron chi connectivity index (χ4n) is 2.10. The molecule has 6 heteroatoms. The summed E-state index contributed by atoms with van der Waals surface area (Å²) in [5.41, 5.74) is -0.602. The summed E-state index contributed by atoms with van der Waals surface area (Å²) < 4.78 is 50.7. The predicted octanol–water partition coefficient (Wildman–Crippen LogP) is 3.83. The van der Waals surface area contributed by atoms with Crippen molar-refractivity contribution in [1.82, 2.24) is 5.32 Å². The van der Waals surface area contributed by atoms with Crippen molar-refractivity contribution in [3.8, 4) is 0 Å². The van der Waals surface area contributed by atoms with Crippen LogP contribution in [0.5, 0.6) is 0 Å². The van der Waals surface area contributed by atoms with Gasteiger partial charge >= 0.3 is 6.18 Å². The van der Waals surface area contributed by atoms with E-state index in [2.05, 4.69) is 5.32 Å². The molecule has 1 aliphatic heterocycles. The molecule has 1 atom stereocenters. The number of hydrogen-bond donors (Lipinski definition) is 1. The van der Waals surface area contributed by atoms with E-state index in [1.54, 1.807) is 0 Å². The number of thioether (sulfide) groups is 1. The third-order valence-electron chi connectivity index (χ3n) is 3.01. The van der Waals surface area contributed by atoms with Crippen molar-refractivity contribution in [3.05, 3.63) is 35.1 Å². The van der Waals surface area contributed by atoms with Gasteiger partial charge in [0.15, 0.2) is 0 Å². The Bertz CT molecular complexity index is 427. The van der Waals surface area contributed by atoms with Gasteiger partial charge in [-0.1, -0.05) is 0 Å². The molecule has 1 fully saturated rings. The van der Waals surface area contributed by atoms with Crippen LogP contribution in [0.4, 0.5) is 17.6 Å². The maximum Gasteiger partial charge on any atom is 0.416 e. The van der Waals surface area contributed by atoms with Crippen molar-refractivity contribution in [1.29, 1.82) is 0 Å². The van der Waals surface area contributed by atoms with Crippen LogP contribution >= 0.6 is 11.8 Å². The van der Waals surface area contributed by atoms with Gasteiger partial charge in [-0.2, -0.15) is 24.9 Å². The van der Waals surface area contributed by atoms with Gasteiger partial charge in [-0.05, 0) is 42.4 Å². The van der Waals surface area contributed by atoms with Crippen LogP contribution in [0.1, 0.15) is 24.0 Å². The molecular formula is C13H15F4NS. The van der Waals surface area contributed by atoms with Crippen molar-refractivity contribution in [2.24, 2.45) is 0 Å². The molecule has 1 aromatic carbocycles. The number of benzene rings is 1. The van der Waals surface area contributed by atoms with E-state index in [1.807, 2.05) is 11.8 Å². The molecule has 2 rings (SSSR count). The Morgan fingerprint density at radius 1 is 1.26 bits per heavy atom. The van der Waals surface area contributed by atoms with Gasteiger partial charge in [0, 0.05) is 18.3 Å². The van der Waals surface area contributed by atoms with Crippen molar-refractivity contribution in [2.45, 2.75) is 30.8 Å². The molecule has 1 aliphatic rings. The van der Waals surface area contributed by atoms with E-state index in [1.165, 1.54) is 6.42 Å². The minimum atomic E-state index is -4.50. The summed E-state index contributed by atoms with van der Waals surface area (Å²) in [6.07, 6.45) is -2.18. The fraction of sp³-hybridized carbons (Fsp3) is 0.538. The Kier molecular flexibility index (Phi) is 4.73. The van der Waals surface area contributed by atoms with Crippen molar-refractivity contribution in [2.75, 3.05) is 12.3 Å². The van der Waals surface area contributed by atoms with Gasteiger partial charge in [0.1, 0.15) is 5.82 Å². The second kappa shape index (κ2) is 6.13. The predicted molar refractivity (Wildman–Crippen MR) is 68.6 cm³/mol. The quantitative estimate of drug-likeness (QED) is 0.847. The molecule has 1 saturated heterocycles. The fourth-order valence-corrected chi connectivity index (χ4v) is 3.33. The minimum Gasteiger partial charge on any atom is -0.312 e. The molecule has 0 bridgehead atoms. The van der Waals surface area contributed by atoms with Crippen molar-refractivity contribution >= 4 is 11.8 Å². The summed E-state index contributed by atoms with van der Waals surface area (Å²) >= 11 is 1.87. The van der Waals surface area contributed by atoms with E-state index in [0.29, 0.717) is 16.9 Å². The van der Waals surface area contributed by atoms with E-state index >= 15 is 0 Å². The summed E-state index contributed by atoms with van der Waals surface area (Å²) in [5.74, 6) is 0.298. The number of rotatable bonds is 4. The van der Waals surface area contributed by atoms with Crippen molar-refractivity contribution < 1.29 is 17.6 Å². The third-order valence-corrected chi connectivity index (χ3v) is 4.41. The Morgan fingerprint density at radius 3 is 2.68 bits per heavy atom. The van der Waals surface area contributed by atoms with Gasteiger partial charge in [-0.3, -0.25) is 0 Å². The zero-order valence-corrected chi connectivity index (χ0v) is 11.1. The lowest BCUT2D eigenvalue weighted by molar-refractivity contribution is -0.137. The standard InChI is InChI=1S/C13H15F4NS/c14-11-5-9(4-10(6-11)13(15,16)17)7-18-8-12-2-1-3-19-12/h4-6,12,18H,1-3,7-8H2. The summed E-state index contributed by atoms with van der Waals surface area (Å²) in [4.78, 5) is 0. The Hall–Kier alpha value is -0.750. The number of halogens is 4. The van der Waals surface area contributed by atoms with Crippen LogP contribution in [0.15, 0.2) is 18.2 Å². The molecule has 0 aromatic heterocycles. The smallest absolute Gasteiger partial charge is 0.312 e. The molecule has 0 aliphatic carbocycles. The molecule has 1 heterocycles. The summed E-state index contributed by atoms with van der Waals surface area (Å²) in [6.45, 7) is 1.01. The van der Waals surface area contributed by atoms with E-state index in [9.17, 15) is 17.6 Å². The van der Waals surface area contributed by atoms with Crippen LogP contribution in [0.3, 0.4) is 0 Å². The summed E-state index contributed by atoms with van der Waals surface area (Å²) in [6, 6.07) is 2.66. The lowest BCUT2D eigenvalue weighted by Crippen LogP contribution is -2.23. The molecule has 19 heavy (non-hydrogen) atoms. The molecule has 1 aromatic rings. The summed E-state index contributed by atoms with van der Waals surface area (Å²) in [5, 5.41) is 3.62. The van der Waals surface area contributed by atoms with Crippen LogP contribution < -0.4 is 5.32 Å². The molecule has 1 N–H and O–H groups in total. The normalized spacial score (nSPS) is 19.9. The van der Waals surface area contributed by atoms with Crippen LogP contribution in [0.25, 0.3) is 0 Å². The highest BCUT2D eigenvalue weighted by Crippen LogP contribution is 2.30. The number of nitrogens with one attached hydrogen (secondary N) is 1. The van der Waals surface area contributed by atoms with Crippen molar-refractivity contribution in [3.63, 3.8) is 0 Å². The Balaban J connectivity index is 1.94. The van der Waals surface area contributed by atoms with Gasteiger partial charge in [-0.25, -0.2) is 4.39 Å². The maximum atomic E-state index is 13.2. The highest BCUT2D eigenvalue weighted by molar-refractivity contribution is 8.00. The molecule has 0 saturated carbocycles. The van der Waals surface area contributed by atoms with Crippen LogP contribution in [-0.2, 0) is 12.7 Å². The molecule has 0 radical (unpaired) electrons. The second-order valence-corrected chi connectivity index (χ2v) is 6.02. The van der Waals surface area contributed by atoms with Gasteiger partial charge in [-0.15, -0.1) is 0 Å². The Morgan fingerprint density at radius 2 is 2.05 bits per heavy atom. The molecule has 0 spiro atoms. The highest BCUT2D eigenvalue weighted by Gasteiger charge is 2.31. The summed E-state index contributed by atoms with van der Waals surface area (Å²) in [7, 11) is 0. The largest absolute Gasteiger partial charge is 0.416 e. The highest BCUT2D eigenvalue weighted by atomic mass is 32.2.